The lowest BCUT2D eigenvalue weighted by atomic mass is 9.53. The van der Waals surface area contributed by atoms with Crippen LogP contribution in [0.15, 0.2) is 85.2 Å². The SMILES string of the molecule is O=C(NC12CC3CC(CC(C3)C1)C2)c1cnn(-c2ccc(-c3ccccc3)cc2)c1OCc1ccccn1. The van der Waals surface area contributed by atoms with Crippen molar-refractivity contribution in [1.82, 2.24) is 20.1 Å². The van der Waals surface area contributed by atoms with Crippen LogP contribution in [-0.2, 0) is 6.61 Å². The zero-order chi connectivity index (χ0) is 25.5. The van der Waals surface area contributed by atoms with Crippen LogP contribution in [0.2, 0.25) is 0 Å². The molecule has 38 heavy (non-hydrogen) atoms. The molecule has 2 aromatic carbocycles. The Balaban J connectivity index is 1.19. The summed E-state index contributed by atoms with van der Waals surface area (Å²) in [6.45, 7) is 0.256. The molecule has 4 aliphatic carbocycles. The number of carbonyl (C=O) groups is 1. The molecular weight excluding hydrogens is 472 g/mol. The first-order valence-corrected chi connectivity index (χ1v) is 13.7. The van der Waals surface area contributed by atoms with Crippen LogP contribution in [0.4, 0.5) is 0 Å². The molecule has 6 heteroatoms. The molecule has 0 radical (unpaired) electrons. The van der Waals surface area contributed by atoms with E-state index < -0.39 is 0 Å². The maximum absolute atomic E-state index is 13.8. The molecule has 0 unspecified atom stereocenters. The van der Waals surface area contributed by atoms with Crippen molar-refractivity contribution in [3.05, 3.63) is 96.4 Å². The van der Waals surface area contributed by atoms with Crippen LogP contribution in [0.25, 0.3) is 16.8 Å². The average Bonchev–Trinajstić information content (AvgIpc) is 3.36. The fourth-order valence-corrected chi connectivity index (χ4v) is 7.44. The predicted molar refractivity (Wildman–Crippen MR) is 146 cm³/mol. The number of rotatable bonds is 7. The second-order valence-corrected chi connectivity index (χ2v) is 11.4. The van der Waals surface area contributed by atoms with E-state index in [1.54, 1.807) is 17.1 Å². The molecule has 6 nitrogen and oxygen atoms in total. The Morgan fingerprint density at radius 3 is 2.18 bits per heavy atom. The summed E-state index contributed by atoms with van der Waals surface area (Å²) in [5.74, 6) is 2.63. The molecule has 4 saturated carbocycles. The van der Waals surface area contributed by atoms with E-state index in [0.29, 0.717) is 11.4 Å². The fourth-order valence-electron chi connectivity index (χ4n) is 7.44. The normalized spacial score (nSPS) is 25.3. The lowest BCUT2D eigenvalue weighted by Gasteiger charge is -2.56. The van der Waals surface area contributed by atoms with E-state index in [1.165, 1.54) is 19.3 Å². The van der Waals surface area contributed by atoms with Crippen molar-refractivity contribution in [2.45, 2.75) is 50.7 Å². The van der Waals surface area contributed by atoms with Crippen molar-refractivity contribution < 1.29 is 9.53 Å². The van der Waals surface area contributed by atoms with Gasteiger partial charge < -0.3 is 10.1 Å². The van der Waals surface area contributed by atoms with Crippen molar-refractivity contribution in [3.8, 4) is 22.7 Å². The van der Waals surface area contributed by atoms with Crippen molar-refractivity contribution in [2.24, 2.45) is 17.8 Å². The molecule has 4 aliphatic rings. The first-order chi connectivity index (χ1) is 18.6. The standard InChI is InChI=1S/C32H32N4O2/c37-30(35-32-17-22-14-23(18-32)16-24(15-22)19-32)29-20-34-36(31(29)38-21-27-8-4-5-13-33-27)28-11-9-26(10-12-28)25-6-2-1-3-7-25/h1-13,20,22-24H,14-19,21H2,(H,35,37). The number of nitrogens with one attached hydrogen (secondary N) is 1. The van der Waals surface area contributed by atoms with Gasteiger partial charge in [-0.1, -0.05) is 48.5 Å². The largest absolute Gasteiger partial charge is 0.470 e. The minimum atomic E-state index is -0.0878. The number of ether oxygens (including phenoxy) is 1. The minimum Gasteiger partial charge on any atom is -0.470 e. The highest BCUT2D eigenvalue weighted by molar-refractivity contribution is 5.97. The maximum Gasteiger partial charge on any atom is 0.258 e. The van der Waals surface area contributed by atoms with Crippen LogP contribution in [0.3, 0.4) is 0 Å². The Hall–Kier alpha value is -3.93. The predicted octanol–water partition coefficient (Wildman–Crippen LogP) is 6.21. The first kappa shape index (κ1) is 23.2. The lowest BCUT2D eigenvalue weighted by Crippen LogP contribution is -2.59. The molecule has 0 spiro atoms. The van der Waals surface area contributed by atoms with E-state index in [4.69, 9.17) is 4.74 Å². The van der Waals surface area contributed by atoms with Crippen molar-refractivity contribution in [1.29, 1.82) is 0 Å². The molecule has 8 rings (SSSR count). The number of hydrogen-bond donors (Lipinski definition) is 1. The Bertz CT molecular complexity index is 1390. The topological polar surface area (TPSA) is 69.0 Å². The monoisotopic (exact) mass is 504 g/mol. The Morgan fingerprint density at radius 1 is 0.868 bits per heavy atom. The minimum absolute atomic E-state index is 0.0798. The van der Waals surface area contributed by atoms with Gasteiger partial charge >= 0.3 is 0 Å². The third-order valence-electron chi connectivity index (χ3n) is 8.69. The lowest BCUT2D eigenvalue weighted by molar-refractivity contribution is -0.0167. The number of amides is 1. The smallest absolute Gasteiger partial charge is 0.258 e. The first-order valence-electron chi connectivity index (χ1n) is 13.7. The summed E-state index contributed by atoms with van der Waals surface area (Å²) in [4.78, 5) is 18.2. The molecule has 1 N–H and O–H groups in total. The second kappa shape index (κ2) is 9.43. The molecule has 0 atom stereocenters. The average molecular weight is 505 g/mol. The van der Waals surface area contributed by atoms with Gasteiger partial charge in [0, 0.05) is 11.7 Å². The molecule has 4 bridgehead atoms. The number of carbonyl (C=O) groups excluding carboxylic acids is 1. The van der Waals surface area contributed by atoms with Gasteiger partial charge in [0.25, 0.3) is 5.91 Å². The molecule has 2 heterocycles. The molecule has 1 amide bonds. The van der Waals surface area contributed by atoms with Gasteiger partial charge in [0.05, 0.1) is 17.6 Å². The van der Waals surface area contributed by atoms with E-state index in [1.807, 2.05) is 48.5 Å². The quantitative estimate of drug-likeness (QED) is 0.325. The van der Waals surface area contributed by atoms with Crippen molar-refractivity contribution in [2.75, 3.05) is 0 Å². The maximum atomic E-state index is 13.8. The van der Waals surface area contributed by atoms with Crippen LogP contribution < -0.4 is 10.1 Å². The number of pyridine rings is 1. The van der Waals surface area contributed by atoms with E-state index in [2.05, 4.69) is 39.7 Å². The van der Waals surface area contributed by atoms with Crippen LogP contribution in [0.5, 0.6) is 5.88 Å². The summed E-state index contributed by atoms with van der Waals surface area (Å²) in [5.41, 5.74) is 4.31. The van der Waals surface area contributed by atoms with E-state index >= 15 is 0 Å². The second-order valence-electron chi connectivity index (χ2n) is 11.4. The molecule has 192 valence electrons. The summed E-state index contributed by atoms with van der Waals surface area (Å²) >= 11 is 0. The highest BCUT2D eigenvalue weighted by Crippen LogP contribution is 2.55. The van der Waals surface area contributed by atoms with E-state index in [-0.39, 0.29) is 18.1 Å². The molecule has 2 aromatic heterocycles. The number of hydrogen-bond acceptors (Lipinski definition) is 4. The van der Waals surface area contributed by atoms with Crippen LogP contribution in [0.1, 0.15) is 54.6 Å². The number of nitrogens with zero attached hydrogens (tertiary/aromatic N) is 3. The van der Waals surface area contributed by atoms with Gasteiger partial charge in [0.1, 0.15) is 12.2 Å². The number of aromatic nitrogens is 3. The van der Waals surface area contributed by atoms with Gasteiger partial charge in [-0.15, -0.1) is 0 Å². The third kappa shape index (κ3) is 4.38. The van der Waals surface area contributed by atoms with Crippen molar-refractivity contribution in [3.63, 3.8) is 0 Å². The summed E-state index contributed by atoms with van der Waals surface area (Å²) < 4.78 is 8.01. The van der Waals surface area contributed by atoms with Gasteiger partial charge in [-0.2, -0.15) is 5.10 Å². The molecular formula is C32H32N4O2. The molecule has 4 aromatic rings. The molecule has 0 aliphatic heterocycles. The van der Waals surface area contributed by atoms with Gasteiger partial charge in [0.2, 0.25) is 5.88 Å². The third-order valence-corrected chi connectivity index (χ3v) is 8.69. The summed E-state index contributed by atoms with van der Waals surface area (Å²) in [7, 11) is 0. The van der Waals surface area contributed by atoms with Gasteiger partial charge in [-0.3, -0.25) is 9.78 Å². The van der Waals surface area contributed by atoms with Crippen LogP contribution in [-0.4, -0.2) is 26.2 Å². The summed E-state index contributed by atoms with van der Waals surface area (Å²) in [6.07, 6.45) is 10.7. The van der Waals surface area contributed by atoms with E-state index in [9.17, 15) is 4.79 Å². The van der Waals surface area contributed by atoms with Gasteiger partial charge in [-0.25, -0.2) is 4.68 Å². The Labute approximate surface area is 223 Å². The van der Waals surface area contributed by atoms with Crippen LogP contribution in [0, 0.1) is 17.8 Å². The molecule has 0 saturated heterocycles. The van der Waals surface area contributed by atoms with Gasteiger partial charge in [-0.05, 0) is 91.7 Å². The zero-order valence-corrected chi connectivity index (χ0v) is 21.4. The Kier molecular flexibility index (Phi) is 5.76. The Morgan fingerprint density at radius 2 is 1.53 bits per heavy atom. The fraction of sp³-hybridized carbons (Fsp3) is 0.344. The zero-order valence-electron chi connectivity index (χ0n) is 21.4. The van der Waals surface area contributed by atoms with Gasteiger partial charge in [0.15, 0.2) is 0 Å². The van der Waals surface area contributed by atoms with Crippen LogP contribution >= 0.6 is 0 Å². The highest BCUT2D eigenvalue weighted by atomic mass is 16.5. The summed E-state index contributed by atoms with van der Waals surface area (Å²) in [5, 5.41) is 8.11. The summed E-state index contributed by atoms with van der Waals surface area (Å²) in [6, 6.07) is 24.2. The van der Waals surface area contributed by atoms with Crippen molar-refractivity contribution >= 4 is 5.91 Å². The van der Waals surface area contributed by atoms with E-state index in [0.717, 1.165) is 59.5 Å². The molecule has 4 fully saturated rings. The number of benzene rings is 2. The highest BCUT2D eigenvalue weighted by Gasteiger charge is 2.51.